The Bertz CT molecular complexity index is 575. The van der Waals surface area contributed by atoms with E-state index in [0.29, 0.717) is 6.04 Å². The molecule has 0 saturated heterocycles. The summed E-state index contributed by atoms with van der Waals surface area (Å²) in [5.74, 6) is 0. The van der Waals surface area contributed by atoms with Crippen LogP contribution in [0.3, 0.4) is 0 Å². The third-order valence-corrected chi connectivity index (χ3v) is 3.96. The lowest BCUT2D eigenvalue weighted by molar-refractivity contribution is 0.559. The van der Waals surface area contributed by atoms with E-state index < -0.39 is 0 Å². The lowest BCUT2D eigenvalue weighted by atomic mass is 9.97. The number of nitrogens with one attached hydrogen (secondary N) is 1. The van der Waals surface area contributed by atoms with Crippen LogP contribution in [0.25, 0.3) is 0 Å². The molecule has 1 aromatic carbocycles. The maximum atomic E-state index is 4.41. The molecule has 0 aliphatic carbocycles. The zero-order valence-corrected chi connectivity index (χ0v) is 13.5. The summed E-state index contributed by atoms with van der Waals surface area (Å²) in [6.07, 6.45) is 0.941. The average Bonchev–Trinajstić information content (AvgIpc) is 2.65. The molecule has 0 spiro atoms. The van der Waals surface area contributed by atoms with Crippen molar-refractivity contribution in [3.63, 3.8) is 0 Å². The maximum absolute atomic E-state index is 4.41. The van der Waals surface area contributed by atoms with Crippen molar-refractivity contribution in [3.05, 3.63) is 51.3 Å². The van der Waals surface area contributed by atoms with Crippen molar-refractivity contribution in [2.24, 2.45) is 7.05 Å². The van der Waals surface area contributed by atoms with Crippen LogP contribution in [0.5, 0.6) is 0 Å². The molecule has 1 atom stereocenters. The van der Waals surface area contributed by atoms with E-state index in [1.165, 1.54) is 16.8 Å². The first kappa shape index (κ1) is 14.3. The molecule has 0 bridgehead atoms. The van der Waals surface area contributed by atoms with E-state index in [4.69, 9.17) is 0 Å². The summed E-state index contributed by atoms with van der Waals surface area (Å²) < 4.78 is 3.09. The molecule has 0 saturated carbocycles. The number of benzene rings is 1. The van der Waals surface area contributed by atoms with Crippen LogP contribution in [-0.4, -0.2) is 16.8 Å². The molecule has 0 aliphatic rings. The highest BCUT2D eigenvalue weighted by molar-refractivity contribution is 9.10. The van der Waals surface area contributed by atoms with Crippen molar-refractivity contribution in [2.45, 2.75) is 26.3 Å². The van der Waals surface area contributed by atoms with E-state index >= 15 is 0 Å². The minimum atomic E-state index is 0.308. The van der Waals surface area contributed by atoms with E-state index in [9.17, 15) is 0 Å². The van der Waals surface area contributed by atoms with Gasteiger partial charge in [0.25, 0.3) is 0 Å². The Morgan fingerprint density at radius 3 is 2.58 bits per heavy atom. The molecule has 3 nitrogen and oxygen atoms in total. The molecule has 19 heavy (non-hydrogen) atoms. The highest BCUT2D eigenvalue weighted by Gasteiger charge is 2.15. The summed E-state index contributed by atoms with van der Waals surface area (Å²) >= 11 is 3.51. The van der Waals surface area contributed by atoms with Gasteiger partial charge in [0.2, 0.25) is 0 Å². The fourth-order valence-electron chi connectivity index (χ4n) is 2.46. The molecule has 1 aromatic heterocycles. The molecule has 2 aromatic rings. The van der Waals surface area contributed by atoms with Gasteiger partial charge in [-0.2, -0.15) is 5.10 Å². The second-order valence-electron chi connectivity index (χ2n) is 4.95. The molecular weight excluding hydrogens is 302 g/mol. The Labute approximate surface area is 123 Å². The lowest BCUT2D eigenvalue weighted by Gasteiger charge is -2.19. The third kappa shape index (κ3) is 3.25. The quantitative estimate of drug-likeness (QED) is 0.936. The second-order valence-corrected chi connectivity index (χ2v) is 5.86. The number of likely N-dealkylation sites (N-methyl/N-ethyl adjacent to an activating group) is 1. The monoisotopic (exact) mass is 321 g/mol. The Balaban J connectivity index is 2.27. The molecule has 0 fully saturated rings. The number of hydrogen-bond acceptors (Lipinski definition) is 2. The van der Waals surface area contributed by atoms with Crippen molar-refractivity contribution >= 4 is 15.9 Å². The predicted octanol–water partition coefficient (Wildman–Crippen LogP) is 3.30. The van der Waals surface area contributed by atoms with Gasteiger partial charge in [0.15, 0.2) is 0 Å². The number of hydrogen-bond donors (Lipinski definition) is 1. The summed E-state index contributed by atoms with van der Waals surface area (Å²) in [5.41, 5.74) is 4.95. The number of aromatic nitrogens is 2. The van der Waals surface area contributed by atoms with Crippen LogP contribution >= 0.6 is 15.9 Å². The van der Waals surface area contributed by atoms with Crippen LogP contribution in [-0.2, 0) is 13.5 Å². The number of halogens is 1. The van der Waals surface area contributed by atoms with Gasteiger partial charge in [0.05, 0.1) is 5.69 Å². The van der Waals surface area contributed by atoms with Crippen LogP contribution in [0.15, 0.2) is 28.7 Å². The van der Waals surface area contributed by atoms with Gasteiger partial charge in [-0.15, -0.1) is 0 Å². The van der Waals surface area contributed by atoms with E-state index in [0.717, 1.165) is 16.6 Å². The van der Waals surface area contributed by atoms with Crippen molar-refractivity contribution < 1.29 is 0 Å². The minimum Gasteiger partial charge on any atom is -0.313 e. The van der Waals surface area contributed by atoms with Gasteiger partial charge in [-0.1, -0.05) is 22.0 Å². The van der Waals surface area contributed by atoms with Crippen LogP contribution in [0.4, 0.5) is 0 Å². The standard InChI is InChI=1S/C15H20BrN3/c1-10-7-12(16)5-6-14(10)15(17-3)9-13-8-11(2)18-19(13)4/h5-8,15,17H,9H2,1-4H3. The van der Waals surface area contributed by atoms with Crippen LogP contribution in [0, 0.1) is 13.8 Å². The molecule has 4 heteroatoms. The molecule has 102 valence electrons. The Morgan fingerprint density at radius 2 is 2.05 bits per heavy atom. The highest BCUT2D eigenvalue weighted by atomic mass is 79.9. The van der Waals surface area contributed by atoms with Gasteiger partial charge in [-0.3, -0.25) is 4.68 Å². The van der Waals surface area contributed by atoms with E-state index in [1.807, 2.05) is 25.7 Å². The zero-order chi connectivity index (χ0) is 14.0. The Hall–Kier alpha value is -1.13. The summed E-state index contributed by atoms with van der Waals surface area (Å²) in [5, 5.41) is 7.82. The van der Waals surface area contributed by atoms with Crippen LogP contribution in [0.1, 0.15) is 28.6 Å². The molecule has 1 unspecified atom stereocenters. The normalized spacial score (nSPS) is 12.7. The fourth-order valence-corrected chi connectivity index (χ4v) is 2.94. The van der Waals surface area contributed by atoms with Crippen molar-refractivity contribution in [1.82, 2.24) is 15.1 Å². The Morgan fingerprint density at radius 1 is 1.32 bits per heavy atom. The topological polar surface area (TPSA) is 29.9 Å². The summed E-state index contributed by atoms with van der Waals surface area (Å²) in [4.78, 5) is 0. The van der Waals surface area contributed by atoms with Crippen LogP contribution < -0.4 is 5.32 Å². The summed E-state index contributed by atoms with van der Waals surface area (Å²) in [6, 6.07) is 8.90. The Kier molecular flexibility index (Phi) is 4.42. The van der Waals surface area contributed by atoms with Gasteiger partial charge in [-0.25, -0.2) is 0 Å². The molecule has 0 radical (unpaired) electrons. The number of nitrogens with zero attached hydrogens (tertiary/aromatic N) is 2. The largest absolute Gasteiger partial charge is 0.313 e. The number of rotatable bonds is 4. The molecule has 0 aliphatic heterocycles. The first-order valence-electron chi connectivity index (χ1n) is 6.44. The first-order chi connectivity index (χ1) is 9.01. The molecule has 1 heterocycles. The smallest absolute Gasteiger partial charge is 0.0596 e. The maximum Gasteiger partial charge on any atom is 0.0596 e. The van der Waals surface area contributed by atoms with Gasteiger partial charge in [0.1, 0.15) is 0 Å². The van der Waals surface area contributed by atoms with Gasteiger partial charge < -0.3 is 5.32 Å². The van der Waals surface area contributed by atoms with Crippen molar-refractivity contribution in [2.75, 3.05) is 7.05 Å². The SMILES string of the molecule is CNC(Cc1cc(C)nn1C)c1ccc(Br)cc1C. The van der Waals surface area contributed by atoms with Crippen molar-refractivity contribution in [1.29, 1.82) is 0 Å². The number of aryl methyl sites for hydroxylation is 3. The van der Waals surface area contributed by atoms with Crippen LogP contribution in [0.2, 0.25) is 0 Å². The lowest BCUT2D eigenvalue weighted by Crippen LogP contribution is -2.21. The molecule has 0 amide bonds. The zero-order valence-electron chi connectivity index (χ0n) is 11.9. The summed E-state index contributed by atoms with van der Waals surface area (Å²) in [6.45, 7) is 4.18. The average molecular weight is 322 g/mol. The van der Waals surface area contributed by atoms with E-state index in [2.05, 4.69) is 57.5 Å². The fraction of sp³-hybridized carbons (Fsp3) is 0.400. The predicted molar refractivity (Wildman–Crippen MR) is 82.3 cm³/mol. The second kappa shape index (κ2) is 5.88. The summed E-state index contributed by atoms with van der Waals surface area (Å²) in [7, 11) is 4.01. The third-order valence-electron chi connectivity index (χ3n) is 3.47. The highest BCUT2D eigenvalue weighted by Crippen LogP contribution is 2.24. The molecular formula is C15H20BrN3. The van der Waals surface area contributed by atoms with Crippen molar-refractivity contribution in [3.8, 4) is 0 Å². The first-order valence-corrected chi connectivity index (χ1v) is 7.23. The minimum absolute atomic E-state index is 0.308. The van der Waals surface area contributed by atoms with Gasteiger partial charge in [0, 0.05) is 29.7 Å². The van der Waals surface area contributed by atoms with E-state index in [-0.39, 0.29) is 0 Å². The van der Waals surface area contributed by atoms with Gasteiger partial charge >= 0.3 is 0 Å². The molecule has 2 rings (SSSR count). The molecule has 1 N–H and O–H groups in total. The van der Waals surface area contributed by atoms with E-state index in [1.54, 1.807) is 0 Å². The van der Waals surface area contributed by atoms with Gasteiger partial charge in [-0.05, 0) is 50.2 Å².